The number of hydrogen-bond acceptors (Lipinski definition) is 6. The van der Waals surface area contributed by atoms with Gasteiger partial charge in [0, 0.05) is 12.1 Å². The summed E-state index contributed by atoms with van der Waals surface area (Å²) in [5.74, 6) is 0.419. The Morgan fingerprint density at radius 2 is 1.54 bits per heavy atom. The van der Waals surface area contributed by atoms with Gasteiger partial charge in [-0.15, -0.1) is 0 Å². The number of nitrogens with zero attached hydrogens (tertiary/aromatic N) is 1. The van der Waals surface area contributed by atoms with E-state index in [1.807, 2.05) is 99.6 Å². The van der Waals surface area contributed by atoms with Crippen LogP contribution < -0.4 is 5.32 Å². The molecule has 0 aliphatic heterocycles. The molecule has 1 heterocycles. The smallest absolute Gasteiger partial charge is 0.408 e. The molecule has 3 aromatic carbocycles. The Bertz CT molecular complexity index is 1440. The highest BCUT2D eigenvalue weighted by Gasteiger charge is 2.52. The van der Waals surface area contributed by atoms with Crippen LogP contribution in [0.4, 0.5) is 4.79 Å². The van der Waals surface area contributed by atoms with Crippen LogP contribution in [0.3, 0.4) is 0 Å². The lowest BCUT2D eigenvalue weighted by Gasteiger charge is -2.19. The number of benzene rings is 3. The molecule has 1 atom stereocenters. The van der Waals surface area contributed by atoms with Gasteiger partial charge >= 0.3 is 12.1 Å². The molecule has 1 aliphatic carbocycles. The molecule has 1 fully saturated rings. The number of rotatable bonds is 9. The molecule has 1 aliphatic rings. The minimum Gasteiger partial charge on any atom is -0.465 e. The van der Waals surface area contributed by atoms with E-state index in [2.05, 4.69) is 10.5 Å². The molecule has 200 valence electrons. The Morgan fingerprint density at radius 3 is 2.13 bits per heavy atom. The first-order valence-corrected chi connectivity index (χ1v) is 13.3. The topological polar surface area (TPSA) is 90.7 Å². The van der Waals surface area contributed by atoms with Crippen molar-refractivity contribution in [2.75, 3.05) is 13.2 Å². The van der Waals surface area contributed by atoms with E-state index in [-0.39, 0.29) is 5.97 Å². The van der Waals surface area contributed by atoms with E-state index in [0.717, 1.165) is 40.7 Å². The quantitative estimate of drug-likeness (QED) is 0.244. The van der Waals surface area contributed by atoms with Gasteiger partial charge in [-0.25, -0.2) is 4.79 Å². The van der Waals surface area contributed by atoms with Crippen LogP contribution in [0.15, 0.2) is 83.4 Å². The maximum absolute atomic E-state index is 12.4. The molecule has 0 saturated heterocycles. The summed E-state index contributed by atoms with van der Waals surface area (Å²) in [6.45, 7) is 6.37. The number of ether oxygens (including phenoxy) is 2. The van der Waals surface area contributed by atoms with Gasteiger partial charge in [-0.05, 0) is 55.9 Å². The molecule has 0 unspecified atom stereocenters. The Hall–Kier alpha value is -4.39. The third-order valence-corrected chi connectivity index (χ3v) is 7.15. The van der Waals surface area contributed by atoms with Crippen LogP contribution in [0.25, 0.3) is 22.5 Å². The molecular weight excluding hydrogens is 492 g/mol. The summed E-state index contributed by atoms with van der Waals surface area (Å²) in [5.41, 5.74) is 5.60. The summed E-state index contributed by atoms with van der Waals surface area (Å²) in [6.07, 6.45) is 0.465. The summed E-state index contributed by atoms with van der Waals surface area (Å²) >= 11 is 0. The van der Waals surface area contributed by atoms with Crippen LogP contribution in [-0.4, -0.2) is 30.4 Å². The third kappa shape index (κ3) is 5.30. The number of alkyl carbamates (subject to hydrolysis) is 1. The van der Waals surface area contributed by atoms with Crippen molar-refractivity contribution in [3.05, 3.63) is 101 Å². The number of aryl methyl sites for hydroxylation is 1. The van der Waals surface area contributed by atoms with Gasteiger partial charge in [0.15, 0.2) is 11.9 Å². The summed E-state index contributed by atoms with van der Waals surface area (Å²) in [4.78, 5) is 24.9. The fourth-order valence-corrected chi connectivity index (χ4v) is 4.91. The fraction of sp³-hybridized carbons (Fsp3) is 0.281. The van der Waals surface area contributed by atoms with Crippen LogP contribution in [0.2, 0.25) is 0 Å². The molecule has 0 radical (unpaired) electrons. The van der Waals surface area contributed by atoms with E-state index in [1.165, 1.54) is 0 Å². The number of amides is 1. The van der Waals surface area contributed by atoms with Crippen LogP contribution in [0, 0.1) is 6.92 Å². The lowest BCUT2D eigenvalue weighted by Crippen LogP contribution is -2.26. The second-order valence-corrected chi connectivity index (χ2v) is 9.69. The Kier molecular flexibility index (Phi) is 7.50. The summed E-state index contributed by atoms with van der Waals surface area (Å²) in [7, 11) is 0. The third-order valence-electron chi connectivity index (χ3n) is 7.15. The number of carbonyl (C=O) groups excluding carboxylic acids is 2. The van der Waals surface area contributed by atoms with Gasteiger partial charge in [0.25, 0.3) is 0 Å². The first-order valence-electron chi connectivity index (χ1n) is 13.3. The van der Waals surface area contributed by atoms with Gasteiger partial charge in [0.1, 0.15) is 0 Å². The molecule has 5 rings (SSSR count). The summed E-state index contributed by atoms with van der Waals surface area (Å²) < 4.78 is 16.9. The Labute approximate surface area is 228 Å². The van der Waals surface area contributed by atoms with E-state index in [9.17, 15) is 9.59 Å². The van der Waals surface area contributed by atoms with Crippen molar-refractivity contribution in [3.63, 3.8) is 0 Å². The largest absolute Gasteiger partial charge is 0.465 e. The van der Waals surface area contributed by atoms with Crippen LogP contribution in [0.1, 0.15) is 55.2 Å². The average molecular weight is 525 g/mol. The van der Waals surface area contributed by atoms with E-state index in [1.54, 1.807) is 0 Å². The number of aromatic nitrogens is 1. The number of esters is 1. The van der Waals surface area contributed by atoms with E-state index < -0.39 is 17.6 Å². The van der Waals surface area contributed by atoms with Crippen LogP contribution >= 0.6 is 0 Å². The van der Waals surface area contributed by atoms with Gasteiger partial charge in [-0.2, -0.15) is 0 Å². The van der Waals surface area contributed by atoms with Crippen molar-refractivity contribution in [2.45, 2.75) is 45.1 Å². The van der Waals surface area contributed by atoms with E-state index in [0.29, 0.717) is 30.2 Å². The van der Waals surface area contributed by atoms with Crippen molar-refractivity contribution >= 4 is 12.1 Å². The number of carbonyl (C=O) groups is 2. The van der Waals surface area contributed by atoms with E-state index >= 15 is 0 Å². The van der Waals surface area contributed by atoms with Gasteiger partial charge < -0.3 is 19.3 Å². The minimum atomic E-state index is -0.680. The Balaban J connectivity index is 1.42. The van der Waals surface area contributed by atoms with E-state index in [4.69, 9.17) is 14.0 Å². The van der Waals surface area contributed by atoms with Crippen molar-refractivity contribution in [1.29, 1.82) is 0 Å². The molecule has 0 bridgehead atoms. The highest BCUT2D eigenvalue weighted by Crippen LogP contribution is 2.49. The fourth-order valence-electron chi connectivity index (χ4n) is 4.91. The first-order chi connectivity index (χ1) is 19.0. The molecule has 1 saturated carbocycles. The second kappa shape index (κ2) is 11.2. The number of hydrogen-bond donors (Lipinski definition) is 1. The maximum Gasteiger partial charge on any atom is 0.408 e. The van der Waals surface area contributed by atoms with Gasteiger partial charge in [-0.3, -0.25) is 4.79 Å². The zero-order valence-electron chi connectivity index (χ0n) is 22.4. The standard InChI is InChI=1S/C32H32N2O5/c1-4-33-31(36)38-28(24-9-7-6-8-10-24)27-21(3)34-39-29(27)25-13-11-22(12-14-25)23-15-17-26(18-16-23)32(19-20-32)30(35)37-5-2/h6-18,28H,4-5,19-20H2,1-3H3,(H,33,36)/t28-/m0/s1. The van der Waals surface area contributed by atoms with Gasteiger partial charge in [0.2, 0.25) is 0 Å². The lowest BCUT2D eigenvalue weighted by molar-refractivity contribution is -0.146. The normalized spacial score (nSPS) is 14.3. The number of nitrogens with one attached hydrogen (secondary N) is 1. The summed E-state index contributed by atoms with van der Waals surface area (Å²) in [5, 5.41) is 6.92. The predicted octanol–water partition coefficient (Wildman–Crippen LogP) is 6.75. The van der Waals surface area contributed by atoms with Crippen molar-refractivity contribution in [2.24, 2.45) is 0 Å². The summed E-state index contributed by atoms with van der Waals surface area (Å²) in [6, 6.07) is 25.7. The van der Waals surface area contributed by atoms with Crippen molar-refractivity contribution in [3.8, 4) is 22.5 Å². The van der Waals surface area contributed by atoms with Crippen LogP contribution in [-0.2, 0) is 19.7 Å². The monoisotopic (exact) mass is 524 g/mol. The van der Waals surface area contributed by atoms with Crippen molar-refractivity contribution < 1.29 is 23.6 Å². The maximum atomic E-state index is 12.4. The molecular formula is C32H32N2O5. The molecule has 1 N–H and O–H groups in total. The first kappa shape index (κ1) is 26.2. The SMILES string of the molecule is CCNC(=O)O[C@@H](c1ccccc1)c1c(C)noc1-c1ccc(-c2ccc(C3(C(=O)OCC)CC3)cc2)cc1. The van der Waals surface area contributed by atoms with Gasteiger partial charge in [-0.1, -0.05) is 84.0 Å². The molecule has 1 aromatic heterocycles. The molecule has 0 spiro atoms. The highest BCUT2D eigenvalue weighted by atomic mass is 16.6. The Morgan fingerprint density at radius 1 is 0.923 bits per heavy atom. The van der Waals surface area contributed by atoms with Crippen molar-refractivity contribution in [1.82, 2.24) is 10.5 Å². The zero-order chi connectivity index (χ0) is 27.4. The van der Waals surface area contributed by atoms with Crippen LogP contribution in [0.5, 0.6) is 0 Å². The molecule has 1 amide bonds. The highest BCUT2D eigenvalue weighted by molar-refractivity contribution is 5.87. The van der Waals surface area contributed by atoms with Gasteiger partial charge in [0.05, 0.1) is 23.3 Å². The molecule has 7 nitrogen and oxygen atoms in total. The molecule has 39 heavy (non-hydrogen) atoms. The zero-order valence-corrected chi connectivity index (χ0v) is 22.4. The molecule has 4 aromatic rings. The minimum absolute atomic E-state index is 0.134. The average Bonchev–Trinajstić information content (AvgIpc) is 3.69. The second-order valence-electron chi connectivity index (χ2n) is 9.69. The molecule has 7 heteroatoms. The lowest BCUT2D eigenvalue weighted by atomic mass is 9.93. The predicted molar refractivity (Wildman–Crippen MR) is 148 cm³/mol.